The van der Waals surface area contributed by atoms with Crippen molar-refractivity contribution in [2.24, 2.45) is 13.0 Å². The number of halogens is 1. The van der Waals surface area contributed by atoms with Crippen molar-refractivity contribution in [3.8, 4) is 0 Å². The molecule has 0 radical (unpaired) electrons. The minimum Gasteiger partial charge on any atom is -0.314 e. The van der Waals surface area contributed by atoms with Crippen molar-refractivity contribution in [1.29, 1.82) is 0 Å². The Morgan fingerprint density at radius 1 is 1.25 bits per heavy atom. The molecule has 2 fully saturated rings. The molecule has 0 unspecified atom stereocenters. The Labute approximate surface area is 126 Å². The maximum Gasteiger partial charge on any atom is 0.131 e. The molecule has 0 amide bonds. The van der Waals surface area contributed by atoms with E-state index in [0.29, 0.717) is 0 Å². The number of aryl methyl sites for hydroxylation is 2. The van der Waals surface area contributed by atoms with E-state index in [1.165, 1.54) is 37.8 Å². The van der Waals surface area contributed by atoms with Gasteiger partial charge in [0, 0.05) is 25.2 Å². The lowest BCUT2D eigenvalue weighted by molar-refractivity contribution is 0.190. The number of hydrogen-bond acceptors (Lipinski definition) is 3. The molecule has 0 atom stereocenters. The van der Waals surface area contributed by atoms with Crippen LogP contribution in [0.2, 0.25) is 5.15 Å². The van der Waals surface area contributed by atoms with Crippen LogP contribution < -0.4 is 5.32 Å². The van der Waals surface area contributed by atoms with Crippen LogP contribution >= 0.6 is 11.6 Å². The van der Waals surface area contributed by atoms with Gasteiger partial charge in [-0.25, -0.2) is 0 Å². The molecule has 0 aromatic carbocycles. The molecular weight excluding hydrogens is 272 g/mol. The van der Waals surface area contributed by atoms with E-state index in [0.717, 1.165) is 42.4 Å². The lowest BCUT2D eigenvalue weighted by Crippen LogP contribution is -2.42. The Bertz CT molecular complexity index is 459. The number of likely N-dealkylation sites (tertiary alicyclic amines) is 1. The third-order valence-corrected chi connectivity index (χ3v) is 5.10. The van der Waals surface area contributed by atoms with E-state index in [9.17, 15) is 0 Å². The van der Waals surface area contributed by atoms with E-state index in [4.69, 9.17) is 11.6 Å². The zero-order valence-corrected chi connectivity index (χ0v) is 13.3. The molecule has 1 aromatic heterocycles. The van der Waals surface area contributed by atoms with Crippen LogP contribution in [0.1, 0.15) is 36.9 Å². The zero-order valence-electron chi connectivity index (χ0n) is 12.5. The topological polar surface area (TPSA) is 33.1 Å². The van der Waals surface area contributed by atoms with Gasteiger partial charge >= 0.3 is 0 Å². The Morgan fingerprint density at radius 2 is 1.95 bits per heavy atom. The van der Waals surface area contributed by atoms with Gasteiger partial charge in [0.05, 0.1) is 5.69 Å². The summed E-state index contributed by atoms with van der Waals surface area (Å²) >= 11 is 6.31. The van der Waals surface area contributed by atoms with Crippen LogP contribution in [0, 0.1) is 12.8 Å². The first-order chi connectivity index (χ1) is 9.63. The molecule has 1 aliphatic heterocycles. The number of hydrogen-bond donors (Lipinski definition) is 1. The number of nitrogens with one attached hydrogen (secondary N) is 1. The van der Waals surface area contributed by atoms with Crippen molar-refractivity contribution < 1.29 is 0 Å². The quantitative estimate of drug-likeness (QED) is 0.905. The van der Waals surface area contributed by atoms with Crippen molar-refractivity contribution in [2.45, 2.75) is 45.2 Å². The van der Waals surface area contributed by atoms with Crippen molar-refractivity contribution in [2.75, 3.05) is 19.6 Å². The van der Waals surface area contributed by atoms with Crippen molar-refractivity contribution in [3.05, 3.63) is 16.4 Å². The molecule has 1 aromatic rings. The van der Waals surface area contributed by atoms with E-state index in [-0.39, 0.29) is 0 Å². The minimum absolute atomic E-state index is 0.720. The van der Waals surface area contributed by atoms with Gasteiger partial charge < -0.3 is 5.32 Å². The molecule has 1 N–H and O–H groups in total. The van der Waals surface area contributed by atoms with Gasteiger partial charge in [-0.05, 0) is 58.2 Å². The minimum atomic E-state index is 0.720. The van der Waals surface area contributed by atoms with Crippen molar-refractivity contribution >= 4 is 11.6 Å². The molecule has 5 heteroatoms. The standard InChI is InChI=1S/C15H25ClN4/c1-11-14(15(16)19(2)18-11)10-20-7-5-13(6-8-20)17-9-12-3-4-12/h12-13,17H,3-10H2,1-2H3. The van der Waals surface area contributed by atoms with Crippen LogP contribution in [0.3, 0.4) is 0 Å². The molecular formula is C15H25ClN4. The van der Waals surface area contributed by atoms with Gasteiger partial charge in [0.1, 0.15) is 5.15 Å². The highest BCUT2D eigenvalue weighted by Gasteiger charge is 2.25. The summed E-state index contributed by atoms with van der Waals surface area (Å²) in [6, 6.07) is 0.720. The van der Waals surface area contributed by atoms with Crippen LogP contribution in [-0.4, -0.2) is 40.4 Å². The predicted molar refractivity (Wildman–Crippen MR) is 82.0 cm³/mol. The van der Waals surface area contributed by atoms with Gasteiger partial charge in [-0.3, -0.25) is 9.58 Å². The predicted octanol–water partition coefficient (Wildman–Crippen LogP) is 2.35. The number of rotatable bonds is 5. The van der Waals surface area contributed by atoms with E-state index < -0.39 is 0 Å². The third kappa shape index (κ3) is 3.35. The Balaban J connectivity index is 1.47. The lowest BCUT2D eigenvalue weighted by Gasteiger charge is -2.32. The second-order valence-corrected chi connectivity index (χ2v) is 6.74. The van der Waals surface area contributed by atoms with E-state index in [1.54, 1.807) is 4.68 Å². The molecule has 1 saturated heterocycles. The van der Waals surface area contributed by atoms with Gasteiger partial charge in [0.2, 0.25) is 0 Å². The van der Waals surface area contributed by atoms with E-state index in [2.05, 4.69) is 15.3 Å². The summed E-state index contributed by atoms with van der Waals surface area (Å²) in [5.74, 6) is 0.977. The second kappa shape index (κ2) is 6.04. The zero-order chi connectivity index (χ0) is 14.1. The fraction of sp³-hybridized carbons (Fsp3) is 0.800. The summed E-state index contributed by atoms with van der Waals surface area (Å²) in [7, 11) is 1.91. The van der Waals surface area contributed by atoms with Crippen LogP contribution in [-0.2, 0) is 13.6 Å². The van der Waals surface area contributed by atoms with Crippen molar-refractivity contribution in [1.82, 2.24) is 20.0 Å². The van der Waals surface area contributed by atoms with Crippen LogP contribution in [0.5, 0.6) is 0 Å². The molecule has 112 valence electrons. The summed E-state index contributed by atoms with van der Waals surface area (Å²) in [5.41, 5.74) is 2.25. The summed E-state index contributed by atoms with van der Waals surface area (Å²) in [6.45, 7) is 6.54. The Morgan fingerprint density at radius 3 is 2.50 bits per heavy atom. The summed E-state index contributed by atoms with van der Waals surface area (Å²) < 4.78 is 1.77. The summed E-state index contributed by atoms with van der Waals surface area (Å²) in [5, 5.41) is 8.91. The lowest BCUT2D eigenvalue weighted by atomic mass is 10.0. The maximum absolute atomic E-state index is 6.31. The second-order valence-electron chi connectivity index (χ2n) is 6.38. The largest absolute Gasteiger partial charge is 0.314 e. The highest BCUT2D eigenvalue weighted by atomic mass is 35.5. The maximum atomic E-state index is 6.31. The summed E-state index contributed by atoms with van der Waals surface area (Å²) in [4.78, 5) is 2.51. The smallest absolute Gasteiger partial charge is 0.131 e. The number of nitrogens with zero attached hydrogens (tertiary/aromatic N) is 3. The molecule has 3 rings (SSSR count). The molecule has 2 aliphatic rings. The van der Waals surface area contributed by atoms with E-state index in [1.807, 2.05) is 14.0 Å². The van der Waals surface area contributed by atoms with Crippen molar-refractivity contribution in [3.63, 3.8) is 0 Å². The third-order valence-electron chi connectivity index (χ3n) is 4.63. The SMILES string of the molecule is Cc1nn(C)c(Cl)c1CN1CCC(NCC2CC2)CC1. The fourth-order valence-corrected chi connectivity index (χ4v) is 3.26. The highest BCUT2D eigenvalue weighted by molar-refractivity contribution is 6.30. The molecule has 1 aliphatic carbocycles. The average Bonchev–Trinajstić information content (AvgIpc) is 3.23. The van der Waals surface area contributed by atoms with Gasteiger partial charge in [0.25, 0.3) is 0 Å². The normalized spacial score (nSPS) is 21.6. The summed E-state index contributed by atoms with van der Waals surface area (Å²) in [6.07, 6.45) is 5.38. The molecule has 20 heavy (non-hydrogen) atoms. The molecule has 1 saturated carbocycles. The van der Waals surface area contributed by atoms with Crippen LogP contribution in [0.25, 0.3) is 0 Å². The molecule has 0 bridgehead atoms. The first-order valence-electron chi connectivity index (χ1n) is 7.77. The number of piperidine rings is 1. The fourth-order valence-electron chi connectivity index (χ4n) is 3.03. The first-order valence-corrected chi connectivity index (χ1v) is 8.15. The van der Waals surface area contributed by atoms with Gasteiger partial charge in [0.15, 0.2) is 0 Å². The first kappa shape index (κ1) is 14.4. The Hall–Kier alpha value is -0.580. The number of aromatic nitrogens is 2. The average molecular weight is 297 g/mol. The monoisotopic (exact) mass is 296 g/mol. The van der Waals surface area contributed by atoms with Crippen LogP contribution in [0.4, 0.5) is 0 Å². The molecule has 0 spiro atoms. The van der Waals surface area contributed by atoms with E-state index >= 15 is 0 Å². The van der Waals surface area contributed by atoms with Gasteiger partial charge in [-0.1, -0.05) is 11.6 Å². The highest BCUT2D eigenvalue weighted by Crippen LogP contribution is 2.28. The van der Waals surface area contributed by atoms with Crippen LogP contribution in [0.15, 0.2) is 0 Å². The van der Waals surface area contributed by atoms with Gasteiger partial charge in [-0.2, -0.15) is 5.10 Å². The molecule has 2 heterocycles. The van der Waals surface area contributed by atoms with Gasteiger partial charge in [-0.15, -0.1) is 0 Å². The Kier molecular flexibility index (Phi) is 4.34. The molecule has 4 nitrogen and oxygen atoms in total.